The first-order chi connectivity index (χ1) is 16.7. The average Bonchev–Trinajstić information content (AvgIpc) is 3.13. The fourth-order valence-corrected chi connectivity index (χ4v) is 3.33. The smallest absolute Gasteiger partial charge is 0.475 e. The van der Waals surface area contributed by atoms with E-state index in [1.54, 1.807) is 30.0 Å². The maximum Gasteiger partial charge on any atom is 0.490 e. The third-order valence-electron chi connectivity index (χ3n) is 4.89. The number of pyridine rings is 1. The molecule has 186 valence electrons. The largest absolute Gasteiger partial charge is 0.490 e. The Morgan fingerprint density at radius 3 is 2.51 bits per heavy atom. The first kappa shape index (κ1) is 25.5. The van der Waals surface area contributed by atoms with Crippen molar-refractivity contribution < 1.29 is 27.8 Å². The summed E-state index contributed by atoms with van der Waals surface area (Å²) in [5.74, 6) is 3.77. The molecule has 14 heteroatoms. The number of carbonyl (C=O) groups is 1. The third-order valence-corrected chi connectivity index (χ3v) is 4.89. The lowest BCUT2D eigenvalue weighted by Crippen LogP contribution is -2.44. The average molecular weight is 493 g/mol. The minimum absolute atomic E-state index is 0.220. The van der Waals surface area contributed by atoms with E-state index in [0.29, 0.717) is 22.7 Å². The number of carboxylic acid groups (broad SMARTS) is 1. The molecule has 0 unspecified atom stereocenters. The zero-order valence-corrected chi connectivity index (χ0v) is 18.8. The molecule has 0 atom stereocenters. The number of halogens is 3. The van der Waals surface area contributed by atoms with Crippen LogP contribution in [0.5, 0.6) is 6.01 Å². The number of alkyl halides is 3. The van der Waals surface area contributed by atoms with Gasteiger partial charge in [0.2, 0.25) is 0 Å². The summed E-state index contributed by atoms with van der Waals surface area (Å²) in [7, 11) is 1.52. The SMILES string of the molecule is CC#CCn1c(=O)n(-c2cccnc2)c2nc(OC)nc(N3CCNCC3)c21.O=C(O)C(F)(F)F. The molecule has 3 aromatic rings. The van der Waals surface area contributed by atoms with Gasteiger partial charge in [0.1, 0.15) is 5.52 Å². The number of nitrogens with zero attached hydrogens (tertiary/aromatic N) is 6. The number of carboxylic acids is 1. The van der Waals surface area contributed by atoms with Gasteiger partial charge in [-0.1, -0.05) is 5.92 Å². The molecule has 1 aliphatic heterocycles. The van der Waals surface area contributed by atoms with Gasteiger partial charge in [0.25, 0.3) is 0 Å². The van der Waals surface area contributed by atoms with Crippen LogP contribution in [0.3, 0.4) is 0 Å². The lowest BCUT2D eigenvalue weighted by Gasteiger charge is -2.29. The number of methoxy groups -OCH3 is 1. The van der Waals surface area contributed by atoms with Gasteiger partial charge < -0.3 is 20.1 Å². The lowest BCUT2D eigenvalue weighted by molar-refractivity contribution is -0.192. The molecule has 0 radical (unpaired) electrons. The molecule has 0 spiro atoms. The van der Waals surface area contributed by atoms with Crippen molar-refractivity contribution in [2.24, 2.45) is 0 Å². The number of anilines is 1. The molecule has 1 aliphatic rings. The molecular weight excluding hydrogens is 471 g/mol. The monoisotopic (exact) mass is 493 g/mol. The second kappa shape index (κ2) is 10.9. The Labute approximate surface area is 197 Å². The number of fused-ring (bicyclic) bond motifs is 1. The van der Waals surface area contributed by atoms with Crippen molar-refractivity contribution in [3.63, 3.8) is 0 Å². The number of piperazine rings is 1. The van der Waals surface area contributed by atoms with Gasteiger partial charge in [0.05, 0.1) is 25.5 Å². The van der Waals surface area contributed by atoms with Crippen LogP contribution in [0.1, 0.15) is 6.92 Å². The Hall–Kier alpha value is -4.12. The number of nitrogens with one attached hydrogen (secondary N) is 1. The predicted molar refractivity (Wildman–Crippen MR) is 120 cm³/mol. The first-order valence-electron chi connectivity index (χ1n) is 10.3. The normalized spacial score (nSPS) is 13.5. The van der Waals surface area contributed by atoms with Crippen molar-refractivity contribution in [3.8, 4) is 23.5 Å². The molecule has 2 N–H and O–H groups in total. The molecule has 1 fully saturated rings. The molecular formula is C21H22F3N7O4. The lowest BCUT2D eigenvalue weighted by atomic mass is 10.3. The highest BCUT2D eigenvalue weighted by atomic mass is 19.4. The van der Waals surface area contributed by atoms with Crippen molar-refractivity contribution in [2.75, 3.05) is 38.2 Å². The number of rotatable bonds is 4. The first-order valence-corrected chi connectivity index (χ1v) is 10.3. The van der Waals surface area contributed by atoms with Crippen molar-refractivity contribution in [1.29, 1.82) is 0 Å². The molecule has 0 aliphatic carbocycles. The van der Waals surface area contributed by atoms with Crippen LogP contribution in [0.25, 0.3) is 16.9 Å². The van der Waals surface area contributed by atoms with E-state index in [-0.39, 0.29) is 18.2 Å². The van der Waals surface area contributed by atoms with E-state index in [1.807, 2.05) is 6.07 Å². The standard InChI is InChI=1S/C19H21N7O2.C2HF3O2/c1-3-4-10-25-15-16(24-11-8-20-9-12-24)22-18(28-2)23-17(15)26(19(25)27)14-6-5-7-21-13-14;3-2(4,5)1(6)7/h5-7,13,20H,8-12H2,1-2H3;(H,6,7). The molecule has 0 aromatic carbocycles. The Morgan fingerprint density at radius 2 is 1.97 bits per heavy atom. The van der Waals surface area contributed by atoms with Crippen LogP contribution in [0.4, 0.5) is 19.0 Å². The second-order valence-corrected chi connectivity index (χ2v) is 7.09. The van der Waals surface area contributed by atoms with Gasteiger partial charge in [-0.15, -0.1) is 5.92 Å². The summed E-state index contributed by atoms with van der Waals surface area (Å²) >= 11 is 0. The Bertz CT molecular complexity index is 1300. The number of imidazole rings is 1. The Balaban J connectivity index is 0.000000429. The summed E-state index contributed by atoms with van der Waals surface area (Å²) in [4.78, 5) is 37.6. The van der Waals surface area contributed by atoms with Gasteiger partial charge in [-0.3, -0.25) is 9.55 Å². The predicted octanol–water partition coefficient (Wildman–Crippen LogP) is 1.05. The quantitative estimate of drug-likeness (QED) is 0.513. The highest BCUT2D eigenvalue weighted by Gasteiger charge is 2.38. The van der Waals surface area contributed by atoms with Gasteiger partial charge in [-0.05, 0) is 19.1 Å². The van der Waals surface area contributed by atoms with Gasteiger partial charge in [0.15, 0.2) is 11.5 Å². The summed E-state index contributed by atoms with van der Waals surface area (Å²) in [5.41, 5.74) is 1.54. The van der Waals surface area contributed by atoms with Gasteiger partial charge in [0, 0.05) is 32.4 Å². The fourth-order valence-electron chi connectivity index (χ4n) is 3.33. The summed E-state index contributed by atoms with van der Waals surface area (Å²) in [5, 5.41) is 10.5. The van der Waals surface area contributed by atoms with Gasteiger partial charge in [-0.25, -0.2) is 14.2 Å². The minimum atomic E-state index is -5.08. The molecule has 35 heavy (non-hydrogen) atoms. The van der Waals surface area contributed by atoms with Crippen LogP contribution in [0, 0.1) is 11.8 Å². The topological polar surface area (TPSA) is 127 Å². The van der Waals surface area contributed by atoms with Crippen molar-refractivity contribution in [3.05, 3.63) is 35.0 Å². The summed E-state index contributed by atoms with van der Waals surface area (Å²) in [6, 6.07) is 3.83. The van der Waals surface area contributed by atoms with Crippen molar-refractivity contribution in [2.45, 2.75) is 19.6 Å². The summed E-state index contributed by atoms with van der Waals surface area (Å²) in [6.07, 6.45) is -1.78. The number of hydrogen-bond acceptors (Lipinski definition) is 8. The Kier molecular flexibility index (Phi) is 7.92. The van der Waals surface area contributed by atoms with Crippen LogP contribution in [0.15, 0.2) is 29.3 Å². The van der Waals surface area contributed by atoms with E-state index in [4.69, 9.17) is 14.6 Å². The van der Waals surface area contributed by atoms with Gasteiger partial charge in [-0.2, -0.15) is 23.1 Å². The van der Waals surface area contributed by atoms with E-state index in [1.165, 1.54) is 11.7 Å². The number of aliphatic carboxylic acids is 1. The molecule has 1 saturated heterocycles. The number of ether oxygens (including phenoxy) is 1. The van der Waals surface area contributed by atoms with Crippen molar-refractivity contribution in [1.82, 2.24) is 29.4 Å². The number of hydrogen-bond donors (Lipinski definition) is 2. The second-order valence-electron chi connectivity index (χ2n) is 7.09. The highest BCUT2D eigenvalue weighted by molar-refractivity contribution is 5.86. The fraction of sp³-hybridized carbons (Fsp3) is 0.381. The molecule has 0 bridgehead atoms. The highest BCUT2D eigenvalue weighted by Crippen LogP contribution is 2.27. The summed E-state index contributed by atoms with van der Waals surface area (Å²) in [6.45, 7) is 5.25. The van der Waals surface area contributed by atoms with Crippen LogP contribution in [-0.4, -0.2) is 74.6 Å². The third kappa shape index (κ3) is 5.69. The zero-order chi connectivity index (χ0) is 25.6. The maximum atomic E-state index is 13.3. The van der Waals surface area contributed by atoms with E-state index in [9.17, 15) is 18.0 Å². The van der Waals surface area contributed by atoms with Gasteiger partial charge >= 0.3 is 23.8 Å². The zero-order valence-electron chi connectivity index (χ0n) is 18.8. The molecule has 0 saturated carbocycles. The maximum absolute atomic E-state index is 13.3. The molecule has 11 nitrogen and oxygen atoms in total. The van der Waals surface area contributed by atoms with E-state index < -0.39 is 12.1 Å². The molecule has 0 amide bonds. The van der Waals surface area contributed by atoms with Crippen LogP contribution >= 0.6 is 0 Å². The number of aromatic nitrogens is 5. The minimum Gasteiger partial charge on any atom is -0.475 e. The molecule has 4 heterocycles. The van der Waals surface area contributed by atoms with E-state index in [2.05, 4.69) is 37.0 Å². The van der Waals surface area contributed by atoms with Crippen molar-refractivity contribution >= 4 is 23.0 Å². The van der Waals surface area contributed by atoms with Crippen LogP contribution in [0.2, 0.25) is 0 Å². The molecule has 4 rings (SSSR count). The van der Waals surface area contributed by atoms with E-state index in [0.717, 1.165) is 26.2 Å². The summed E-state index contributed by atoms with van der Waals surface area (Å²) < 4.78 is 40.2. The molecule has 3 aromatic heterocycles. The van der Waals surface area contributed by atoms with E-state index >= 15 is 0 Å². The van der Waals surface area contributed by atoms with Crippen LogP contribution in [-0.2, 0) is 11.3 Å². The Morgan fingerprint density at radius 1 is 1.29 bits per heavy atom. The van der Waals surface area contributed by atoms with Crippen LogP contribution < -0.4 is 20.6 Å².